The van der Waals surface area contributed by atoms with Crippen LogP contribution in [0.25, 0.3) is 0 Å². The summed E-state index contributed by atoms with van der Waals surface area (Å²) in [5, 5.41) is 0. The minimum Gasteiger partial charge on any atom is -0.372 e. The lowest BCUT2D eigenvalue weighted by molar-refractivity contribution is 0.632. The van der Waals surface area contributed by atoms with Crippen molar-refractivity contribution >= 4 is 5.69 Å². The molecule has 2 atom stereocenters. The summed E-state index contributed by atoms with van der Waals surface area (Å²) in [6, 6.07) is 9.75. The molecule has 0 radical (unpaired) electrons. The summed E-state index contributed by atoms with van der Waals surface area (Å²) in [4.78, 5) is 2.37. The molecule has 2 unspecified atom stereocenters. The van der Waals surface area contributed by atoms with Crippen LogP contribution in [0, 0.1) is 6.92 Å². The molecule has 82 valence electrons. The summed E-state index contributed by atoms with van der Waals surface area (Å²) in [5.41, 5.74) is 8.56. The van der Waals surface area contributed by atoms with E-state index in [0.717, 1.165) is 6.42 Å². The minimum absolute atomic E-state index is 0.405. The van der Waals surface area contributed by atoms with Crippen molar-refractivity contribution in [1.82, 2.24) is 0 Å². The first-order valence-corrected chi connectivity index (χ1v) is 5.72. The van der Waals surface area contributed by atoms with E-state index in [-0.39, 0.29) is 0 Å². The van der Waals surface area contributed by atoms with E-state index in [1.54, 1.807) is 0 Å². The van der Waals surface area contributed by atoms with Gasteiger partial charge in [0.05, 0.1) is 0 Å². The Balaban J connectivity index is 2.07. The van der Waals surface area contributed by atoms with E-state index in [9.17, 15) is 0 Å². The average Bonchev–Trinajstić information content (AvgIpc) is 2.65. The van der Waals surface area contributed by atoms with Crippen molar-refractivity contribution in [3.05, 3.63) is 29.8 Å². The Bertz CT molecular complexity index is 318. The maximum atomic E-state index is 5.94. The highest BCUT2D eigenvalue weighted by Gasteiger charge is 2.25. The smallest absolute Gasteiger partial charge is 0.0366 e. The van der Waals surface area contributed by atoms with Gasteiger partial charge in [0.2, 0.25) is 0 Å². The standard InChI is InChI=1S/C13H20N2/c1-10-3-6-12(7-4-10)15(2)13-8-5-11(14)9-13/h3-4,6-7,11,13H,5,8-9,14H2,1-2H3. The van der Waals surface area contributed by atoms with Gasteiger partial charge in [-0.15, -0.1) is 0 Å². The van der Waals surface area contributed by atoms with Crippen LogP contribution < -0.4 is 10.6 Å². The molecular weight excluding hydrogens is 184 g/mol. The highest BCUT2D eigenvalue weighted by atomic mass is 15.1. The van der Waals surface area contributed by atoms with Crippen LogP contribution in [0.2, 0.25) is 0 Å². The summed E-state index contributed by atoms with van der Waals surface area (Å²) in [6.07, 6.45) is 3.52. The normalized spacial score (nSPS) is 25.5. The van der Waals surface area contributed by atoms with Crippen molar-refractivity contribution in [2.75, 3.05) is 11.9 Å². The Morgan fingerprint density at radius 2 is 1.87 bits per heavy atom. The zero-order valence-corrected chi connectivity index (χ0v) is 9.61. The van der Waals surface area contributed by atoms with Gasteiger partial charge < -0.3 is 10.6 Å². The molecule has 0 aliphatic heterocycles. The van der Waals surface area contributed by atoms with E-state index in [0.29, 0.717) is 12.1 Å². The quantitative estimate of drug-likeness (QED) is 0.801. The number of rotatable bonds is 2. The average molecular weight is 204 g/mol. The molecule has 0 heterocycles. The second kappa shape index (κ2) is 4.23. The lowest BCUT2D eigenvalue weighted by Gasteiger charge is -2.26. The predicted octanol–water partition coefficient (Wildman–Crippen LogP) is 2.31. The number of nitrogens with zero attached hydrogens (tertiary/aromatic N) is 1. The first-order chi connectivity index (χ1) is 7.16. The third-order valence-corrected chi connectivity index (χ3v) is 3.43. The van der Waals surface area contributed by atoms with Gasteiger partial charge in [-0.2, -0.15) is 0 Å². The summed E-state index contributed by atoms with van der Waals surface area (Å²) in [5.74, 6) is 0. The van der Waals surface area contributed by atoms with Crippen LogP contribution in [0.4, 0.5) is 5.69 Å². The second-order valence-corrected chi connectivity index (χ2v) is 4.67. The van der Waals surface area contributed by atoms with Gasteiger partial charge in [0, 0.05) is 24.8 Å². The van der Waals surface area contributed by atoms with E-state index in [4.69, 9.17) is 5.73 Å². The van der Waals surface area contributed by atoms with Gasteiger partial charge in [-0.05, 0) is 38.3 Å². The SMILES string of the molecule is Cc1ccc(N(C)C2CCC(N)C2)cc1. The van der Waals surface area contributed by atoms with Crippen molar-refractivity contribution in [1.29, 1.82) is 0 Å². The Morgan fingerprint density at radius 1 is 1.20 bits per heavy atom. The fourth-order valence-corrected chi connectivity index (χ4v) is 2.33. The number of nitrogens with two attached hydrogens (primary N) is 1. The van der Waals surface area contributed by atoms with Crippen molar-refractivity contribution < 1.29 is 0 Å². The van der Waals surface area contributed by atoms with Gasteiger partial charge in [0.1, 0.15) is 0 Å². The predicted molar refractivity (Wildman–Crippen MR) is 65.2 cm³/mol. The maximum absolute atomic E-state index is 5.94. The fraction of sp³-hybridized carbons (Fsp3) is 0.538. The van der Waals surface area contributed by atoms with E-state index in [2.05, 4.69) is 43.1 Å². The molecular formula is C13H20N2. The molecule has 2 heteroatoms. The molecule has 0 bridgehead atoms. The van der Waals surface area contributed by atoms with E-state index in [1.165, 1.54) is 24.1 Å². The molecule has 1 saturated carbocycles. The van der Waals surface area contributed by atoms with Crippen molar-refractivity contribution in [3.8, 4) is 0 Å². The molecule has 0 amide bonds. The van der Waals surface area contributed by atoms with Crippen molar-refractivity contribution in [2.24, 2.45) is 5.73 Å². The first-order valence-electron chi connectivity index (χ1n) is 5.72. The van der Waals surface area contributed by atoms with Crippen molar-refractivity contribution in [2.45, 2.75) is 38.3 Å². The monoisotopic (exact) mass is 204 g/mol. The van der Waals surface area contributed by atoms with Crippen LogP contribution in [0.1, 0.15) is 24.8 Å². The van der Waals surface area contributed by atoms with Crippen LogP contribution in [0.5, 0.6) is 0 Å². The molecule has 0 spiro atoms. The first kappa shape index (κ1) is 10.5. The third kappa shape index (κ3) is 2.32. The molecule has 15 heavy (non-hydrogen) atoms. The van der Waals surface area contributed by atoms with Crippen LogP contribution in [-0.4, -0.2) is 19.1 Å². The molecule has 1 aliphatic carbocycles. The van der Waals surface area contributed by atoms with Gasteiger partial charge in [-0.25, -0.2) is 0 Å². The van der Waals surface area contributed by atoms with Crippen LogP contribution >= 0.6 is 0 Å². The van der Waals surface area contributed by atoms with Crippen LogP contribution in [-0.2, 0) is 0 Å². The second-order valence-electron chi connectivity index (χ2n) is 4.67. The summed E-state index contributed by atoms with van der Waals surface area (Å²) in [7, 11) is 2.17. The molecule has 2 rings (SSSR count). The Kier molecular flexibility index (Phi) is 2.96. The zero-order valence-electron chi connectivity index (χ0n) is 9.61. The lowest BCUT2D eigenvalue weighted by atomic mass is 10.1. The largest absolute Gasteiger partial charge is 0.372 e. The van der Waals surface area contributed by atoms with Gasteiger partial charge in [0.15, 0.2) is 0 Å². The molecule has 2 N–H and O–H groups in total. The topological polar surface area (TPSA) is 29.3 Å². The van der Waals surface area contributed by atoms with Gasteiger partial charge in [-0.1, -0.05) is 17.7 Å². The van der Waals surface area contributed by atoms with E-state index in [1.807, 2.05) is 0 Å². The summed E-state index contributed by atoms with van der Waals surface area (Å²) in [6.45, 7) is 2.12. The molecule has 1 aromatic carbocycles. The molecule has 0 aromatic heterocycles. The van der Waals surface area contributed by atoms with Crippen LogP contribution in [0.3, 0.4) is 0 Å². The third-order valence-electron chi connectivity index (χ3n) is 3.43. The molecule has 0 saturated heterocycles. The Morgan fingerprint density at radius 3 is 2.40 bits per heavy atom. The van der Waals surface area contributed by atoms with Crippen molar-refractivity contribution in [3.63, 3.8) is 0 Å². The van der Waals surface area contributed by atoms with Crippen LogP contribution in [0.15, 0.2) is 24.3 Å². The highest BCUT2D eigenvalue weighted by molar-refractivity contribution is 5.47. The number of benzene rings is 1. The summed E-state index contributed by atoms with van der Waals surface area (Å²) < 4.78 is 0. The maximum Gasteiger partial charge on any atom is 0.0366 e. The minimum atomic E-state index is 0.405. The zero-order chi connectivity index (χ0) is 10.8. The molecule has 1 aliphatic rings. The van der Waals surface area contributed by atoms with Gasteiger partial charge in [-0.3, -0.25) is 0 Å². The number of hydrogen-bond donors (Lipinski definition) is 1. The van der Waals surface area contributed by atoms with Gasteiger partial charge in [0.25, 0.3) is 0 Å². The number of anilines is 1. The lowest BCUT2D eigenvalue weighted by Crippen LogP contribution is -2.30. The molecule has 1 fully saturated rings. The Hall–Kier alpha value is -1.02. The highest BCUT2D eigenvalue weighted by Crippen LogP contribution is 2.26. The molecule has 2 nitrogen and oxygen atoms in total. The number of hydrogen-bond acceptors (Lipinski definition) is 2. The van der Waals surface area contributed by atoms with Gasteiger partial charge >= 0.3 is 0 Å². The molecule has 1 aromatic rings. The summed E-state index contributed by atoms with van der Waals surface area (Å²) >= 11 is 0. The van der Waals surface area contributed by atoms with E-state index >= 15 is 0 Å². The fourth-order valence-electron chi connectivity index (χ4n) is 2.33. The Labute approximate surface area is 92.1 Å². The van der Waals surface area contributed by atoms with E-state index < -0.39 is 0 Å². The number of aryl methyl sites for hydroxylation is 1.